The lowest BCUT2D eigenvalue weighted by molar-refractivity contribution is -0.162. The third-order valence-corrected chi connectivity index (χ3v) is 3.90. The molecule has 4 heteroatoms. The predicted octanol–water partition coefficient (Wildman–Crippen LogP) is 2.96. The summed E-state index contributed by atoms with van der Waals surface area (Å²) in [6, 6.07) is 9.83. The summed E-state index contributed by atoms with van der Waals surface area (Å²) in [4.78, 5) is 12.0. The Hall–Kier alpha value is -1.65. The summed E-state index contributed by atoms with van der Waals surface area (Å²) in [6.07, 6.45) is 1.11. The summed E-state index contributed by atoms with van der Waals surface area (Å²) in [5.74, 6) is -0.637. The fraction of sp³-hybridized carbons (Fsp3) is 0.500. The second-order valence-electron chi connectivity index (χ2n) is 5.82. The molecule has 1 aromatic rings. The highest BCUT2D eigenvalue weighted by Gasteiger charge is 2.43. The number of carbonyl (C=O) groups is 1. The SMILES string of the molecule is C=CC[C@](C)(C(=O)OC)[C@H](O)[C@@H](C)COCc1ccccc1. The van der Waals surface area contributed by atoms with Gasteiger partial charge in [0.2, 0.25) is 0 Å². The number of ether oxygens (including phenoxy) is 2. The lowest BCUT2D eigenvalue weighted by Crippen LogP contribution is -2.45. The number of hydrogen-bond acceptors (Lipinski definition) is 4. The van der Waals surface area contributed by atoms with Crippen molar-refractivity contribution in [3.63, 3.8) is 0 Å². The normalized spacial score (nSPS) is 16.4. The minimum atomic E-state index is -1.01. The molecule has 1 rings (SSSR count). The lowest BCUT2D eigenvalue weighted by atomic mass is 9.76. The second kappa shape index (κ2) is 8.71. The lowest BCUT2D eigenvalue weighted by Gasteiger charge is -2.34. The van der Waals surface area contributed by atoms with E-state index in [0.29, 0.717) is 19.6 Å². The van der Waals surface area contributed by atoms with E-state index in [1.807, 2.05) is 37.3 Å². The minimum Gasteiger partial charge on any atom is -0.469 e. The molecule has 0 aromatic heterocycles. The number of carbonyl (C=O) groups excluding carboxylic acids is 1. The molecule has 0 spiro atoms. The van der Waals surface area contributed by atoms with Crippen molar-refractivity contribution in [2.24, 2.45) is 11.3 Å². The van der Waals surface area contributed by atoms with Gasteiger partial charge in [0, 0.05) is 5.92 Å². The Labute approximate surface area is 132 Å². The van der Waals surface area contributed by atoms with Gasteiger partial charge in [0.15, 0.2) is 0 Å². The molecule has 1 aromatic carbocycles. The molecule has 122 valence electrons. The molecule has 0 amide bonds. The van der Waals surface area contributed by atoms with Gasteiger partial charge in [0.25, 0.3) is 0 Å². The Morgan fingerprint density at radius 3 is 2.59 bits per heavy atom. The zero-order valence-electron chi connectivity index (χ0n) is 13.6. The van der Waals surface area contributed by atoms with E-state index in [-0.39, 0.29) is 5.92 Å². The number of aliphatic hydroxyl groups is 1. The van der Waals surface area contributed by atoms with Crippen LogP contribution in [-0.4, -0.2) is 30.9 Å². The monoisotopic (exact) mass is 306 g/mol. The van der Waals surface area contributed by atoms with Crippen molar-refractivity contribution in [1.82, 2.24) is 0 Å². The van der Waals surface area contributed by atoms with Crippen LogP contribution < -0.4 is 0 Å². The first-order chi connectivity index (χ1) is 10.5. The summed E-state index contributed by atoms with van der Waals surface area (Å²) < 4.78 is 10.5. The van der Waals surface area contributed by atoms with Crippen LogP contribution in [0.1, 0.15) is 25.8 Å². The summed E-state index contributed by atoms with van der Waals surface area (Å²) in [5.41, 5.74) is 0.0671. The van der Waals surface area contributed by atoms with Gasteiger partial charge in [-0.25, -0.2) is 0 Å². The molecule has 0 unspecified atom stereocenters. The molecular weight excluding hydrogens is 280 g/mol. The zero-order chi connectivity index (χ0) is 16.6. The maximum absolute atomic E-state index is 12.0. The molecular formula is C18H26O4. The van der Waals surface area contributed by atoms with E-state index in [1.165, 1.54) is 7.11 Å². The smallest absolute Gasteiger partial charge is 0.314 e. The number of benzene rings is 1. The van der Waals surface area contributed by atoms with E-state index in [4.69, 9.17) is 9.47 Å². The molecule has 0 saturated heterocycles. The van der Waals surface area contributed by atoms with Crippen molar-refractivity contribution in [2.45, 2.75) is 33.0 Å². The van der Waals surface area contributed by atoms with Gasteiger partial charge in [-0.05, 0) is 18.9 Å². The summed E-state index contributed by atoms with van der Waals surface area (Å²) >= 11 is 0. The van der Waals surface area contributed by atoms with Crippen LogP contribution in [0.25, 0.3) is 0 Å². The van der Waals surface area contributed by atoms with Gasteiger partial charge >= 0.3 is 5.97 Å². The average molecular weight is 306 g/mol. The quantitative estimate of drug-likeness (QED) is 0.563. The van der Waals surface area contributed by atoms with Gasteiger partial charge in [-0.1, -0.05) is 43.3 Å². The van der Waals surface area contributed by atoms with E-state index in [9.17, 15) is 9.90 Å². The van der Waals surface area contributed by atoms with Crippen LogP contribution in [0.3, 0.4) is 0 Å². The van der Waals surface area contributed by atoms with Crippen LogP contribution in [-0.2, 0) is 20.9 Å². The van der Waals surface area contributed by atoms with Crippen molar-refractivity contribution in [2.75, 3.05) is 13.7 Å². The first kappa shape index (κ1) is 18.4. The molecule has 0 radical (unpaired) electrons. The highest BCUT2D eigenvalue weighted by molar-refractivity contribution is 5.77. The highest BCUT2D eigenvalue weighted by Crippen LogP contribution is 2.32. The first-order valence-electron chi connectivity index (χ1n) is 7.44. The van der Waals surface area contributed by atoms with Gasteiger partial charge in [0.05, 0.1) is 31.8 Å². The van der Waals surface area contributed by atoms with Crippen molar-refractivity contribution >= 4 is 5.97 Å². The van der Waals surface area contributed by atoms with Crippen molar-refractivity contribution in [3.05, 3.63) is 48.6 Å². The zero-order valence-corrected chi connectivity index (χ0v) is 13.6. The van der Waals surface area contributed by atoms with E-state index in [0.717, 1.165) is 5.56 Å². The van der Waals surface area contributed by atoms with Gasteiger partial charge in [-0.3, -0.25) is 4.79 Å². The summed E-state index contributed by atoms with van der Waals surface area (Å²) in [6.45, 7) is 8.05. The summed E-state index contributed by atoms with van der Waals surface area (Å²) in [5, 5.41) is 10.5. The number of methoxy groups -OCH3 is 1. The molecule has 0 fully saturated rings. The second-order valence-corrected chi connectivity index (χ2v) is 5.82. The van der Waals surface area contributed by atoms with Crippen LogP contribution in [0.15, 0.2) is 43.0 Å². The Bertz CT molecular complexity index is 471. The molecule has 4 nitrogen and oxygen atoms in total. The standard InChI is InChI=1S/C18H26O4/c1-5-11-18(3,17(20)21-4)16(19)14(2)12-22-13-15-9-7-6-8-10-15/h5-10,14,16,19H,1,11-13H2,2-4H3/t14-,16+,18-/m0/s1. The van der Waals surface area contributed by atoms with Crippen LogP contribution in [0.2, 0.25) is 0 Å². The Kier molecular flexibility index (Phi) is 7.28. The van der Waals surface area contributed by atoms with Crippen LogP contribution in [0.4, 0.5) is 0 Å². The highest BCUT2D eigenvalue weighted by atomic mass is 16.5. The molecule has 3 atom stereocenters. The van der Waals surface area contributed by atoms with Crippen molar-refractivity contribution < 1.29 is 19.4 Å². The third-order valence-electron chi connectivity index (χ3n) is 3.90. The van der Waals surface area contributed by atoms with Crippen molar-refractivity contribution in [3.8, 4) is 0 Å². The maximum atomic E-state index is 12.0. The topological polar surface area (TPSA) is 55.8 Å². The van der Waals surface area contributed by atoms with Gasteiger partial charge in [-0.2, -0.15) is 0 Å². The molecule has 0 bridgehead atoms. The molecule has 0 saturated carbocycles. The number of rotatable bonds is 9. The van der Waals surface area contributed by atoms with Gasteiger partial charge in [-0.15, -0.1) is 6.58 Å². The molecule has 1 N–H and O–H groups in total. The van der Waals surface area contributed by atoms with E-state index >= 15 is 0 Å². The Balaban J connectivity index is 2.60. The van der Waals surface area contributed by atoms with E-state index in [1.54, 1.807) is 13.0 Å². The van der Waals surface area contributed by atoms with Crippen LogP contribution in [0, 0.1) is 11.3 Å². The Morgan fingerprint density at radius 2 is 2.05 bits per heavy atom. The number of aliphatic hydroxyl groups excluding tert-OH is 1. The Morgan fingerprint density at radius 1 is 1.41 bits per heavy atom. The largest absolute Gasteiger partial charge is 0.469 e. The average Bonchev–Trinajstić information content (AvgIpc) is 2.54. The number of esters is 1. The van der Waals surface area contributed by atoms with E-state index < -0.39 is 17.5 Å². The van der Waals surface area contributed by atoms with Crippen LogP contribution >= 0.6 is 0 Å². The van der Waals surface area contributed by atoms with Gasteiger partial charge < -0.3 is 14.6 Å². The number of allylic oxidation sites excluding steroid dienone is 1. The minimum absolute atomic E-state index is 0.201. The molecule has 0 heterocycles. The predicted molar refractivity (Wildman–Crippen MR) is 86.2 cm³/mol. The van der Waals surface area contributed by atoms with E-state index in [2.05, 4.69) is 6.58 Å². The molecule has 22 heavy (non-hydrogen) atoms. The van der Waals surface area contributed by atoms with Crippen molar-refractivity contribution in [1.29, 1.82) is 0 Å². The third kappa shape index (κ3) is 4.68. The molecule has 0 aliphatic rings. The molecule has 0 aliphatic carbocycles. The molecule has 0 aliphatic heterocycles. The first-order valence-corrected chi connectivity index (χ1v) is 7.44. The summed E-state index contributed by atoms with van der Waals surface area (Å²) in [7, 11) is 1.33. The van der Waals surface area contributed by atoms with Crippen LogP contribution in [0.5, 0.6) is 0 Å². The fourth-order valence-corrected chi connectivity index (χ4v) is 2.51. The van der Waals surface area contributed by atoms with Gasteiger partial charge in [0.1, 0.15) is 0 Å². The number of hydrogen-bond donors (Lipinski definition) is 1. The fourth-order valence-electron chi connectivity index (χ4n) is 2.51. The maximum Gasteiger partial charge on any atom is 0.314 e.